The first-order valence-corrected chi connectivity index (χ1v) is 11.7. The molecule has 0 saturated carbocycles. The summed E-state index contributed by atoms with van der Waals surface area (Å²) in [6, 6.07) is 15.5. The van der Waals surface area contributed by atoms with Gasteiger partial charge in [0.1, 0.15) is 16.8 Å². The summed E-state index contributed by atoms with van der Waals surface area (Å²) in [6.45, 7) is 9.72. The zero-order chi connectivity index (χ0) is 23.7. The number of aromatic nitrogens is 1. The third-order valence-corrected chi connectivity index (χ3v) is 5.71. The van der Waals surface area contributed by atoms with Crippen molar-refractivity contribution in [3.05, 3.63) is 84.3 Å². The van der Waals surface area contributed by atoms with Gasteiger partial charge in [0.2, 0.25) is 0 Å². The van der Waals surface area contributed by atoms with Crippen LogP contribution in [0.5, 0.6) is 0 Å². The molecule has 2 aromatic carbocycles. The molecule has 0 spiro atoms. The van der Waals surface area contributed by atoms with Gasteiger partial charge in [0, 0.05) is 28.6 Å². The number of rotatable bonds is 8. The molecule has 0 radical (unpaired) electrons. The monoisotopic (exact) mass is 453 g/mol. The lowest BCUT2D eigenvalue weighted by Gasteiger charge is -2.13. The van der Waals surface area contributed by atoms with E-state index in [2.05, 4.69) is 16.3 Å². The summed E-state index contributed by atoms with van der Waals surface area (Å²) >= 11 is 0. The highest BCUT2D eigenvalue weighted by molar-refractivity contribution is 7.86. The number of hydrogen-bond donors (Lipinski definition) is 2. The number of allylic oxidation sites excluding steroid dienone is 1. The van der Waals surface area contributed by atoms with Crippen molar-refractivity contribution in [2.75, 3.05) is 16.2 Å². The number of anilines is 2. The van der Waals surface area contributed by atoms with Crippen molar-refractivity contribution in [1.29, 1.82) is 0 Å². The van der Waals surface area contributed by atoms with Gasteiger partial charge in [0.15, 0.2) is 11.6 Å². The molecule has 168 valence electrons. The Bertz CT molecular complexity index is 1120. The molecule has 1 unspecified atom stereocenters. The maximum absolute atomic E-state index is 14.9. The molecule has 3 aromatic rings. The Balaban J connectivity index is 0.00000176. The first-order chi connectivity index (χ1) is 15.4. The molecular weight excluding hydrogens is 425 g/mol. The number of nitrogen functional groups attached to an aromatic ring is 1. The molecule has 3 rings (SSSR count). The first-order valence-electron chi connectivity index (χ1n) is 10.4. The van der Waals surface area contributed by atoms with Crippen LogP contribution in [0.25, 0.3) is 16.7 Å². The number of nitrogens with one attached hydrogen (secondary N) is 1. The van der Waals surface area contributed by atoms with Crippen LogP contribution in [0.1, 0.15) is 43.1 Å². The number of benzene rings is 2. The smallest absolute Gasteiger partial charge is 0.196 e. The van der Waals surface area contributed by atoms with Crippen molar-refractivity contribution in [3.63, 3.8) is 0 Å². The molecule has 0 bridgehead atoms. The Labute approximate surface area is 191 Å². The summed E-state index contributed by atoms with van der Waals surface area (Å²) in [5, 5.41) is 0. The van der Waals surface area contributed by atoms with Gasteiger partial charge in [-0.25, -0.2) is 13.6 Å². The van der Waals surface area contributed by atoms with Crippen LogP contribution in [-0.2, 0) is 11.0 Å². The fourth-order valence-corrected chi connectivity index (χ4v) is 3.81. The van der Waals surface area contributed by atoms with Gasteiger partial charge in [0.25, 0.3) is 0 Å². The van der Waals surface area contributed by atoms with Crippen LogP contribution >= 0.6 is 0 Å². The Hall–Kier alpha value is -3.32. The molecule has 1 atom stereocenters. The lowest BCUT2D eigenvalue weighted by Crippen LogP contribution is -2.12. The molecule has 0 amide bonds. The molecule has 7 heteroatoms. The van der Waals surface area contributed by atoms with Crippen molar-refractivity contribution >= 4 is 33.8 Å². The van der Waals surface area contributed by atoms with Gasteiger partial charge in [-0.2, -0.15) is 0 Å². The maximum Gasteiger partial charge on any atom is 0.196 e. The number of Topliss-reactive ketones (excluding diaryl/α,β-unsaturated/α-hetero) is 1. The van der Waals surface area contributed by atoms with E-state index in [1.54, 1.807) is 12.3 Å². The zero-order valence-electron chi connectivity index (χ0n) is 18.5. The van der Waals surface area contributed by atoms with Crippen molar-refractivity contribution < 1.29 is 13.4 Å². The Kier molecular flexibility index (Phi) is 9.28. The van der Waals surface area contributed by atoms with Gasteiger partial charge in [-0.1, -0.05) is 63.7 Å². The molecule has 0 aliphatic heterocycles. The average molecular weight is 454 g/mol. The summed E-state index contributed by atoms with van der Waals surface area (Å²) < 4.78 is 29.5. The lowest BCUT2D eigenvalue weighted by molar-refractivity contribution is 0.105. The fourth-order valence-electron chi connectivity index (χ4n) is 2.94. The van der Waals surface area contributed by atoms with E-state index in [9.17, 15) is 13.4 Å². The minimum atomic E-state index is -1.43. The summed E-state index contributed by atoms with van der Waals surface area (Å²) in [4.78, 5) is 17.2. The fraction of sp³-hybridized carbons (Fsp3) is 0.200. The van der Waals surface area contributed by atoms with Gasteiger partial charge in [0.05, 0.1) is 11.3 Å². The molecule has 5 nitrogen and oxygen atoms in total. The van der Waals surface area contributed by atoms with E-state index in [1.165, 1.54) is 18.2 Å². The van der Waals surface area contributed by atoms with E-state index < -0.39 is 22.6 Å². The van der Waals surface area contributed by atoms with E-state index in [4.69, 9.17) is 5.73 Å². The predicted octanol–water partition coefficient (Wildman–Crippen LogP) is 5.88. The highest BCUT2D eigenvalue weighted by atomic mass is 32.2. The molecule has 1 aromatic heterocycles. The molecule has 0 saturated heterocycles. The van der Waals surface area contributed by atoms with Crippen molar-refractivity contribution in [2.24, 2.45) is 0 Å². The Morgan fingerprint density at radius 2 is 1.78 bits per heavy atom. The van der Waals surface area contributed by atoms with Gasteiger partial charge < -0.3 is 10.5 Å². The SMILES string of the molecule is C=C(C(=O)c1cccc(NS(=O)CCC)c1F)c1cc(-c2ccccc2)cnc1N.CC. The minimum Gasteiger partial charge on any atom is -0.383 e. The number of hydrogen-bond acceptors (Lipinski definition) is 4. The van der Waals surface area contributed by atoms with Crippen LogP contribution in [0.3, 0.4) is 0 Å². The standard InChI is InChI=1S/C23H22FN3O2S.C2H6/c1-3-12-30(29)27-20-11-7-10-18(21(20)24)22(28)15(2)19-13-17(14-26-23(19)25)16-8-5-4-6-9-16;1-2/h4-11,13-14,27H,2-3,12H2,1H3,(H2,25,26);1-2H3. The number of carbonyl (C=O) groups excluding carboxylic acids is 1. The quantitative estimate of drug-likeness (QED) is 0.330. The van der Waals surface area contributed by atoms with Crippen LogP contribution in [0.4, 0.5) is 15.9 Å². The number of nitrogens with zero attached hydrogens (tertiary/aromatic N) is 1. The van der Waals surface area contributed by atoms with E-state index in [1.807, 2.05) is 51.1 Å². The highest BCUT2D eigenvalue weighted by Crippen LogP contribution is 2.29. The number of nitrogens with two attached hydrogens (primary N) is 1. The number of halogens is 1. The summed E-state index contributed by atoms with van der Waals surface area (Å²) in [7, 11) is -1.43. The van der Waals surface area contributed by atoms with Gasteiger partial charge >= 0.3 is 0 Å². The molecule has 3 N–H and O–H groups in total. The molecule has 0 aliphatic rings. The Morgan fingerprint density at radius 3 is 2.44 bits per heavy atom. The highest BCUT2D eigenvalue weighted by Gasteiger charge is 2.21. The lowest BCUT2D eigenvalue weighted by atomic mass is 9.95. The second-order valence-electron chi connectivity index (χ2n) is 6.65. The number of ketones is 1. The van der Waals surface area contributed by atoms with Crippen molar-refractivity contribution in [1.82, 2.24) is 4.98 Å². The van der Waals surface area contributed by atoms with E-state index in [-0.39, 0.29) is 22.6 Å². The van der Waals surface area contributed by atoms with Crippen molar-refractivity contribution in [2.45, 2.75) is 27.2 Å². The molecule has 1 heterocycles. The van der Waals surface area contributed by atoms with Gasteiger partial charge in [-0.3, -0.25) is 4.79 Å². The number of pyridine rings is 1. The molecule has 0 fully saturated rings. The zero-order valence-corrected chi connectivity index (χ0v) is 19.3. The van der Waals surface area contributed by atoms with E-state index in [0.29, 0.717) is 17.7 Å². The summed E-state index contributed by atoms with van der Waals surface area (Å²) in [6.07, 6.45) is 2.29. The summed E-state index contributed by atoms with van der Waals surface area (Å²) in [5.41, 5.74) is 7.85. The van der Waals surface area contributed by atoms with E-state index >= 15 is 0 Å². The normalized spacial score (nSPS) is 11.1. The van der Waals surface area contributed by atoms with Crippen LogP contribution in [0, 0.1) is 5.82 Å². The van der Waals surface area contributed by atoms with Gasteiger partial charge in [-0.15, -0.1) is 0 Å². The Morgan fingerprint density at radius 1 is 1.09 bits per heavy atom. The third-order valence-electron chi connectivity index (χ3n) is 4.48. The van der Waals surface area contributed by atoms with Crippen LogP contribution in [0.2, 0.25) is 0 Å². The third kappa shape index (κ3) is 5.88. The molecule has 32 heavy (non-hydrogen) atoms. The topological polar surface area (TPSA) is 85.1 Å². The molecule has 0 aliphatic carbocycles. The average Bonchev–Trinajstić information content (AvgIpc) is 2.82. The summed E-state index contributed by atoms with van der Waals surface area (Å²) in [5.74, 6) is -0.888. The second-order valence-corrected chi connectivity index (χ2v) is 7.95. The largest absolute Gasteiger partial charge is 0.383 e. The van der Waals surface area contributed by atoms with E-state index in [0.717, 1.165) is 11.1 Å². The van der Waals surface area contributed by atoms with Gasteiger partial charge in [-0.05, 0) is 30.2 Å². The van der Waals surface area contributed by atoms with Crippen molar-refractivity contribution in [3.8, 4) is 11.1 Å². The van der Waals surface area contributed by atoms with Crippen LogP contribution in [0.15, 0.2) is 67.4 Å². The second kappa shape index (κ2) is 11.9. The maximum atomic E-state index is 14.9. The van der Waals surface area contributed by atoms with Crippen LogP contribution in [-0.4, -0.2) is 20.7 Å². The first kappa shape index (κ1) is 24.9. The predicted molar refractivity (Wildman–Crippen MR) is 132 cm³/mol. The van der Waals surface area contributed by atoms with Crippen LogP contribution < -0.4 is 10.5 Å². The molecular formula is C25H28FN3O2S. The minimum absolute atomic E-state index is 0.00423. The number of carbonyl (C=O) groups is 1.